The third-order valence-electron chi connectivity index (χ3n) is 5.41. The lowest BCUT2D eigenvalue weighted by Crippen LogP contribution is -2.44. The molecule has 29 heavy (non-hydrogen) atoms. The van der Waals surface area contributed by atoms with Crippen LogP contribution in [0, 0.1) is 0 Å². The zero-order valence-corrected chi connectivity index (χ0v) is 17.9. The van der Waals surface area contributed by atoms with Gasteiger partial charge in [0.2, 0.25) is 0 Å². The van der Waals surface area contributed by atoms with E-state index < -0.39 is 0 Å². The van der Waals surface area contributed by atoms with Crippen molar-refractivity contribution in [3.63, 3.8) is 0 Å². The van der Waals surface area contributed by atoms with Gasteiger partial charge in [-0.15, -0.1) is 0 Å². The largest absolute Gasteiger partial charge is 0.354 e. The number of aromatic nitrogens is 1. The molecular formula is C23H34N6. The highest BCUT2D eigenvalue weighted by Gasteiger charge is 2.15. The van der Waals surface area contributed by atoms with E-state index in [1.807, 2.05) is 13.2 Å². The van der Waals surface area contributed by atoms with Crippen LogP contribution in [0.2, 0.25) is 0 Å². The van der Waals surface area contributed by atoms with Crippen molar-refractivity contribution >= 4 is 11.8 Å². The summed E-state index contributed by atoms with van der Waals surface area (Å²) in [6, 6.07) is 15.2. The fraction of sp³-hybridized carbons (Fsp3) is 0.478. The van der Waals surface area contributed by atoms with Gasteiger partial charge in [-0.05, 0) is 44.0 Å². The highest BCUT2D eigenvalue weighted by Crippen LogP contribution is 2.13. The van der Waals surface area contributed by atoms with E-state index in [2.05, 4.69) is 86.8 Å². The number of benzene rings is 1. The normalized spacial score (nSPS) is 16.5. The number of guanidine groups is 1. The molecule has 1 fully saturated rings. The number of nitrogens with zero attached hydrogens (tertiary/aromatic N) is 4. The van der Waals surface area contributed by atoms with Crippen molar-refractivity contribution in [1.29, 1.82) is 0 Å². The number of rotatable bonds is 7. The van der Waals surface area contributed by atoms with Gasteiger partial charge in [0.15, 0.2) is 5.96 Å². The molecule has 3 rings (SSSR count). The van der Waals surface area contributed by atoms with E-state index in [1.165, 1.54) is 5.56 Å². The molecule has 1 aromatic carbocycles. The fourth-order valence-corrected chi connectivity index (χ4v) is 3.46. The van der Waals surface area contributed by atoms with E-state index in [-0.39, 0.29) is 0 Å². The molecule has 0 amide bonds. The molecule has 0 aliphatic carbocycles. The first kappa shape index (κ1) is 21.1. The van der Waals surface area contributed by atoms with E-state index in [0.29, 0.717) is 12.6 Å². The Bertz CT molecular complexity index is 751. The standard InChI is InChI=1S/C23H34N6/c1-19(9-10-20-7-5-4-6-8-20)27-23(24-2)26-18-21-11-12-22(25-17-21)29-15-13-28(3)14-16-29/h4-8,11-12,17,19H,9-10,13-16,18H2,1-3H3,(H2,24,26,27). The summed E-state index contributed by atoms with van der Waals surface area (Å²) in [4.78, 5) is 13.7. The van der Waals surface area contributed by atoms with Crippen molar-refractivity contribution < 1.29 is 0 Å². The molecule has 1 atom stereocenters. The highest BCUT2D eigenvalue weighted by molar-refractivity contribution is 5.79. The summed E-state index contributed by atoms with van der Waals surface area (Å²) in [5.74, 6) is 1.90. The van der Waals surface area contributed by atoms with Gasteiger partial charge in [-0.1, -0.05) is 36.4 Å². The molecule has 6 heteroatoms. The van der Waals surface area contributed by atoms with Crippen LogP contribution in [0.25, 0.3) is 0 Å². The zero-order chi connectivity index (χ0) is 20.5. The summed E-state index contributed by atoms with van der Waals surface area (Å²) < 4.78 is 0. The summed E-state index contributed by atoms with van der Waals surface area (Å²) >= 11 is 0. The monoisotopic (exact) mass is 394 g/mol. The van der Waals surface area contributed by atoms with E-state index in [9.17, 15) is 0 Å². The van der Waals surface area contributed by atoms with Gasteiger partial charge in [0.1, 0.15) is 5.82 Å². The first-order valence-corrected chi connectivity index (χ1v) is 10.5. The van der Waals surface area contributed by atoms with Crippen molar-refractivity contribution in [2.45, 2.75) is 32.4 Å². The second kappa shape index (κ2) is 10.8. The summed E-state index contributed by atoms with van der Waals surface area (Å²) in [5, 5.41) is 6.88. The number of pyridine rings is 1. The average molecular weight is 395 g/mol. The van der Waals surface area contributed by atoms with Gasteiger partial charge in [-0.3, -0.25) is 4.99 Å². The van der Waals surface area contributed by atoms with Gasteiger partial charge >= 0.3 is 0 Å². The number of aliphatic imine (C=N–C) groups is 1. The van der Waals surface area contributed by atoms with E-state index in [4.69, 9.17) is 0 Å². The third-order valence-corrected chi connectivity index (χ3v) is 5.41. The molecule has 1 aliphatic heterocycles. The predicted octanol–water partition coefficient (Wildman–Crippen LogP) is 2.52. The van der Waals surface area contributed by atoms with E-state index in [1.54, 1.807) is 0 Å². The first-order chi connectivity index (χ1) is 14.1. The molecule has 156 valence electrons. The first-order valence-electron chi connectivity index (χ1n) is 10.5. The van der Waals surface area contributed by atoms with Crippen LogP contribution in [0.4, 0.5) is 5.82 Å². The molecule has 1 saturated heterocycles. The molecule has 0 saturated carbocycles. The number of aryl methyl sites for hydroxylation is 1. The number of hydrogen-bond acceptors (Lipinski definition) is 4. The Morgan fingerprint density at radius 2 is 1.83 bits per heavy atom. The Kier molecular flexibility index (Phi) is 7.87. The minimum atomic E-state index is 0.346. The predicted molar refractivity (Wildman–Crippen MR) is 122 cm³/mol. The van der Waals surface area contributed by atoms with Crippen LogP contribution < -0.4 is 15.5 Å². The number of anilines is 1. The molecule has 0 bridgehead atoms. The van der Waals surface area contributed by atoms with Crippen molar-refractivity contribution in [2.75, 3.05) is 45.2 Å². The smallest absolute Gasteiger partial charge is 0.191 e. The molecular weight excluding hydrogens is 360 g/mol. The summed E-state index contributed by atoms with van der Waals surface area (Å²) in [5.41, 5.74) is 2.53. The molecule has 1 aromatic heterocycles. The SMILES string of the molecule is CN=C(NCc1ccc(N2CCN(C)CC2)nc1)NC(C)CCc1ccccc1. The Morgan fingerprint density at radius 3 is 2.48 bits per heavy atom. The second-order valence-electron chi connectivity index (χ2n) is 7.81. The maximum Gasteiger partial charge on any atom is 0.191 e. The van der Waals surface area contributed by atoms with Crippen LogP contribution >= 0.6 is 0 Å². The third kappa shape index (κ3) is 6.75. The number of piperazine rings is 1. The number of nitrogens with one attached hydrogen (secondary N) is 2. The topological polar surface area (TPSA) is 55.8 Å². The quantitative estimate of drug-likeness (QED) is 0.558. The maximum absolute atomic E-state index is 4.66. The van der Waals surface area contributed by atoms with Crippen molar-refractivity contribution in [3.05, 3.63) is 59.8 Å². The summed E-state index contributed by atoms with van der Waals surface area (Å²) in [6.45, 7) is 7.17. The zero-order valence-electron chi connectivity index (χ0n) is 17.9. The molecule has 2 N–H and O–H groups in total. The minimum absolute atomic E-state index is 0.346. The molecule has 0 radical (unpaired) electrons. The highest BCUT2D eigenvalue weighted by atomic mass is 15.3. The Morgan fingerprint density at radius 1 is 1.07 bits per heavy atom. The van der Waals surface area contributed by atoms with Crippen LogP contribution in [0.3, 0.4) is 0 Å². The van der Waals surface area contributed by atoms with Gasteiger partial charge in [0.05, 0.1) is 0 Å². The Balaban J connectivity index is 1.42. The molecule has 2 heterocycles. The van der Waals surface area contributed by atoms with Crippen molar-refractivity contribution in [3.8, 4) is 0 Å². The molecule has 1 unspecified atom stereocenters. The summed E-state index contributed by atoms with van der Waals surface area (Å²) in [6.07, 6.45) is 4.09. The van der Waals surface area contributed by atoms with Gasteiger partial charge < -0.3 is 20.4 Å². The molecule has 2 aromatic rings. The Labute approximate surface area is 175 Å². The lowest BCUT2D eigenvalue weighted by Gasteiger charge is -2.33. The van der Waals surface area contributed by atoms with Crippen molar-refractivity contribution in [1.82, 2.24) is 20.5 Å². The second-order valence-corrected chi connectivity index (χ2v) is 7.81. The van der Waals surface area contributed by atoms with E-state index >= 15 is 0 Å². The lowest BCUT2D eigenvalue weighted by molar-refractivity contribution is 0.312. The molecule has 1 aliphatic rings. The fourth-order valence-electron chi connectivity index (χ4n) is 3.46. The van der Waals surface area contributed by atoms with Crippen LogP contribution in [-0.4, -0.2) is 62.2 Å². The van der Waals surface area contributed by atoms with E-state index in [0.717, 1.165) is 56.4 Å². The average Bonchev–Trinajstić information content (AvgIpc) is 2.77. The van der Waals surface area contributed by atoms with Gasteiger partial charge in [-0.25, -0.2) is 4.98 Å². The molecule has 0 spiro atoms. The summed E-state index contributed by atoms with van der Waals surface area (Å²) in [7, 11) is 3.98. The van der Waals surface area contributed by atoms with Gasteiger partial charge in [0.25, 0.3) is 0 Å². The van der Waals surface area contributed by atoms with Crippen LogP contribution in [0.15, 0.2) is 53.7 Å². The van der Waals surface area contributed by atoms with Gasteiger partial charge in [0, 0.05) is 52.0 Å². The lowest BCUT2D eigenvalue weighted by atomic mass is 10.1. The maximum atomic E-state index is 4.66. The van der Waals surface area contributed by atoms with Crippen LogP contribution in [0.5, 0.6) is 0 Å². The number of likely N-dealkylation sites (N-methyl/N-ethyl adjacent to an activating group) is 1. The van der Waals surface area contributed by atoms with Crippen LogP contribution in [-0.2, 0) is 13.0 Å². The molecule has 6 nitrogen and oxygen atoms in total. The Hall–Kier alpha value is -2.60. The van der Waals surface area contributed by atoms with Gasteiger partial charge in [-0.2, -0.15) is 0 Å². The number of hydrogen-bond donors (Lipinski definition) is 2. The van der Waals surface area contributed by atoms with Crippen molar-refractivity contribution in [2.24, 2.45) is 4.99 Å². The van der Waals surface area contributed by atoms with Crippen LogP contribution in [0.1, 0.15) is 24.5 Å². The minimum Gasteiger partial charge on any atom is -0.354 e.